The zero-order valence-corrected chi connectivity index (χ0v) is 16.4. The molecule has 0 spiro atoms. The van der Waals surface area contributed by atoms with Gasteiger partial charge in [0, 0.05) is 31.4 Å². The van der Waals surface area contributed by atoms with Gasteiger partial charge in [-0.2, -0.15) is 0 Å². The highest BCUT2D eigenvalue weighted by Gasteiger charge is 2.21. The lowest BCUT2D eigenvalue weighted by molar-refractivity contribution is 0.233. The lowest BCUT2D eigenvalue weighted by Crippen LogP contribution is -2.39. The normalized spacial score (nSPS) is 17.3. The molecule has 0 atom stereocenters. The van der Waals surface area contributed by atoms with E-state index >= 15 is 0 Å². The number of ether oxygens (including phenoxy) is 2. The van der Waals surface area contributed by atoms with Gasteiger partial charge in [0.25, 0.3) is 0 Å². The molecule has 0 bridgehead atoms. The van der Waals surface area contributed by atoms with Crippen molar-refractivity contribution in [3.05, 3.63) is 17.7 Å². The summed E-state index contributed by atoms with van der Waals surface area (Å²) in [4.78, 5) is 5.13. The third-order valence-electron chi connectivity index (χ3n) is 4.93. The molecule has 4 nitrogen and oxygen atoms in total. The van der Waals surface area contributed by atoms with Crippen LogP contribution >= 0.6 is 24.8 Å². The summed E-state index contributed by atoms with van der Waals surface area (Å²) >= 11 is 0. The van der Waals surface area contributed by atoms with Crippen molar-refractivity contribution in [1.82, 2.24) is 4.90 Å². The smallest absolute Gasteiger partial charge is 0.162 e. The Labute approximate surface area is 158 Å². The Bertz CT molecular complexity index is 508. The molecule has 24 heavy (non-hydrogen) atoms. The van der Waals surface area contributed by atoms with Crippen LogP contribution in [0.5, 0.6) is 11.5 Å². The predicted octanol–water partition coefficient (Wildman–Crippen LogP) is 3.79. The maximum atomic E-state index is 5.48. The maximum absolute atomic E-state index is 5.48. The fourth-order valence-electron chi connectivity index (χ4n) is 3.66. The van der Waals surface area contributed by atoms with Crippen LogP contribution in [0.4, 0.5) is 5.69 Å². The number of hydrogen-bond acceptors (Lipinski definition) is 4. The molecule has 3 rings (SSSR count). The SMILES string of the molecule is COc1cc2c(cc1OC)N(CCN1CCCCC1)CCC2.Cl.Cl. The molecular weight excluding hydrogens is 347 g/mol. The second-order valence-corrected chi connectivity index (χ2v) is 6.33. The molecule has 0 radical (unpaired) electrons. The Morgan fingerprint density at radius 1 is 0.833 bits per heavy atom. The number of piperidine rings is 1. The first-order valence-corrected chi connectivity index (χ1v) is 8.54. The minimum absolute atomic E-state index is 0. The van der Waals surface area contributed by atoms with Crippen LogP contribution in [-0.4, -0.2) is 51.8 Å². The van der Waals surface area contributed by atoms with Crippen molar-refractivity contribution in [3.63, 3.8) is 0 Å². The van der Waals surface area contributed by atoms with Crippen molar-refractivity contribution in [2.45, 2.75) is 32.1 Å². The molecule has 1 aromatic carbocycles. The maximum Gasteiger partial charge on any atom is 0.162 e. The van der Waals surface area contributed by atoms with E-state index in [1.54, 1.807) is 14.2 Å². The summed E-state index contributed by atoms with van der Waals surface area (Å²) in [6, 6.07) is 4.31. The highest BCUT2D eigenvalue weighted by molar-refractivity contribution is 5.85. The molecule has 1 saturated heterocycles. The zero-order valence-electron chi connectivity index (χ0n) is 14.8. The molecule has 138 valence electrons. The highest BCUT2D eigenvalue weighted by atomic mass is 35.5. The van der Waals surface area contributed by atoms with Crippen molar-refractivity contribution >= 4 is 30.5 Å². The van der Waals surface area contributed by atoms with Crippen molar-refractivity contribution in [3.8, 4) is 11.5 Å². The molecule has 2 heterocycles. The average Bonchev–Trinajstić information content (AvgIpc) is 2.59. The Hall–Kier alpha value is -0.840. The van der Waals surface area contributed by atoms with E-state index in [0.717, 1.165) is 31.0 Å². The number of nitrogens with zero attached hydrogens (tertiary/aromatic N) is 2. The van der Waals surface area contributed by atoms with E-state index in [0.29, 0.717) is 0 Å². The van der Waals surface area contributed by atoms with E-state index in [4.69, 9.17) is 9.47 Å². The van der Waals surface area contributed by atoms with Gasteiger partial charge in [0.05, 0.1) is 14.2 Å². The average molecular weight is 377 g/mol. The number of likely N-dealkylation sites (tertiary alicyclic amines) is 1. The zero-order chi connectivity index (χ0) is 15.4. The number of hydrogen-bond donors (Lipinski definition) is 0. The molecule has 2 aliphatic rings. The molecule has 1 aromatic rings. The number of rotatable bonds is 5. The number of halogens is 2. The topological polar surface area (TPSA) is 24.9 Å². The highest BCUT2D eigenvalue weighted by Crippen LogP contribution is 2.37. The van der Waals surface area contributed by atoms with E-state index in [1.807, 2.05) is 0 Å². The van der Waals surface area contributed by atoms with Crippen LogP contribution in [0.3, 0.4) is 0 Å². The standard InChI is InChI=1S/C18H28N2O2.2ClH/c1-21-17-13-15-7-6-10-20(16(15)14-18(17)22-2)12-11-19-8-4-3-5-9-19;;/h13-14H,3-12H2,1-2H3;2*1H. The van der Waals surface area contributed by atoms with Crippen molar-refractivity contribution in [2.75, 3.05) is 51.8 Å². The van der Waals surface area contributed by atoms with E-state index in [-0.39, 0.29) is 24.8 Å². The van der Waals surface area contributed by atoms with Crippen molar-refractivity contribution in [1.29, 1.82) is 0 Å². The van der Waals surface area contributed by atoms with Crippen LogP contribution in [0.25, 0.3) is 0 Å². The van der Waals surface area contributed by atoms with E-state index in [9.17, 15) is 0 Å². The summed E-state index contributed by atoms with van der Waals surface area (Å²) in [5.41, 5.74) is 2.73. The fourth-order valence-corrected chi connectivity index (χ4v) is 3.66. The summed E-state index contributed by atoms with van der Waals surface area (Å²) in [7, 11) is 3.42. The predicted molar refractivity (Wildman–Crippen MR) is 105 cm³/mol. The van der Waals surface area contributed by atoms with Gasteiger partial charge in [-0.1, -0.05) is 6.42 Å². The molecular formula is C18H30Cl2N2O2. The summed E-state index contributed by atoms with van der Waals surface area (Å²) in [5.74, 6) is 1.69. The van der Waals surface area contributed by atoms with E-state index in [1.165, 1.54) is 56.6 Å². The number of benzene rings is 1. The van der Waals surface area contributed by atoms with Crippen molar-refractivity contribution < 1.29 is 9.47 Å². The van der Waals surface area contributed by atoms with Crippen LogP contribution in [0, 0.1) is 0 Å². The van der Waals surface area contributed by atoms with Crippen molar-refractivity contribution in [2.24, 2.45) is 0 Å². The van der Waals surface area contributed by atoms with Crippen LogP contribution < -0.4 is 14.4 Å². The molecule has 0 N–H and O–H groups in total. The number of anilines is 1. The first kappa shape index (κ1) is 21.2. The van der Waals surface area contributed by atoms with Gasteiger partial charge in [-0.15, -0.1) is 24.8 Å². The first-order valence-electron chi connectivity index (χ1n) is 8.54. The third-order valence-corrected chi connectivity index (χ3v) is 4.93. The van der Waals surface area contributed by atoms with Crippen LogP contribution in [0.15, 0.2) is 12.1 Å². The minimum Gasteiger partial charge on any atom is -0.493 e. The molecule has 6 heteroatoms. The van der Waals surface area contributed by atoms with E-state index in [2.05, 4.69) is 21.9 Å². The fraction of sp³-hybridized carbons (Fsp3) is 0.667. The van der Waals surface area contributed by atoms with Crippen LogP contribution in [-0.2, 0) is 6.42 Å². The molecule has 2 aliphatic heterocycles. The van der Waals surface area contributed by atoms with Gasteiger partial charge < -0.3 is 19.3 Å². The van der Waals surface area contributed by atoms with Crippen LogP contribution in [0.2, 0.25) is 0 Å². The lowest BCUT2D eigenvalue weighted by atomic mass is 10.0. The van der Waals surface area contributed by atoms with Gasteiger partial charge in [0.15, 0.2) is 11.5 Å². The van der Waals surface area contributed by atoms with Gasteiger partial charge in [0.2, 0.25) is 0 Å². The Morgan fingerprint density at radius 3 is 2.17 bits per heavy atom. The molecule has 0 amide bonds. The van der Waals surface area contributed by atoms with E-state index < -0.39 is 0 Å². The molecule has 0 aliphatic carbocycles. The minimum atomic E-state index is 0. The second kappa shape index (κ2) is 10.2. The molecule has 0 aromatic heterocycles. The molecule has 0 saturated carbocycles. The largest absolute Gasteiger partial charge is 0.493 e. The Morgan fingerprint density at radius 2 is 1.50 bits per heavy atom. The van der Waals surface area contributed by atoms with Gasteiger partial charge in [-0.25, -0.2) is 0 Å². The monoisotopic (exact) mass is 376 g/mol. The number of methoxy groups -OCH3 is 2. The quantitative estimate of drug-likeness (QED) is 0.780. The summed E-state index contributed by atoms with van der Waals surface area (Å²) in [5, 5.41) is 0. The number of aryl methyl sites for hydroxylation is 1. The summed E-state index contributed by atoms with van der Waals surface area (Å²) < 4.78 is 10.9. The Balaban J connectivity index is 0.00000144. The first-order chi connectivity index (χ1) is 10.8. The molecule has 0 unspecified atom stereocenters. The third kappa shape index (κ3) is 4.84. The van der Waals surface area contributed by atoms with Gasteiger partial charge in [-0.3, -0.25) is 0 Å². The van der Waals surface area contributed by atoms with Gasteiger partial charge in [0.1, 0.15) is 0 Å². The molecule has 1 fully saturated rings. The van der Waals surface area contributed by atoms with Gasteiger partial charge >= 0.3 is 0 Å². The van der Waals surface area contributed by atoms with Crippen LogP contribution in [0.1, 0.15) is 31.2 Å². The summed E-state index contributed by atoms with van der Waals surface area (Å²) in [6.45, 7) is 5.98. The Kier molecular flexibility index (Phi) is 9.03. The number of fused-ring (bicyclic) bond motifs is 1. The lowest BCUT2D eigenvalue weighted by Gasteiger charge is -2.35. The summed E-state index contributed by atoms with van der Waals surface area (Å²) in [6.07, 6.45) is 6.49. The second-order valence-electron chi connectivity index (χ2n) is 6.33. The van der Waals surface area contributed by atoms with Gasteiger partial charge in [-0.05, 0) is 50.4 Å².